The van der Waals surface area contributed by atoms with Crippen molar-refractivity contribution in [3.8, 4) is 0 Å². The Balaban J connectivity index is 1.96. The molecule has 2 unspecified atom stereocenters. The lowest BCUT2D eigenvalue weighted by atomic mass is 10.0. The maximum atomic E-state index is 13.2. The molecular weight excluding hydrogens is 255 g/mol. The van der Waals surface area contributed by atoms with Gasteiger partial charge in [-0.15, -0.1) is 0 Å². The third-order valence-corrected chi connectivity index (χ3v) is 3.37. The molecule has 1 aromatic carbocycles. The smallest absolute Gasteiger partial charge is 0.241 e. The summed E-state index contributed by atoms with van der Waals surface area (Å²) in [6, 6.07) is 5.83. The quantitative estimate of drug-likeness (QED) is 0.629. The molecule has 94 valence electrons. The van der Waals surface area contributed by atoms with Gasteiger partial charge in [-0.05, 0) is 30.4 Å². The summed E-state index contributed by atoms with van der Waals surface area (Å²) < 4.78 is 13.2. The number of hydrogen-bond donors (Lipinski definition) is 3. The summed E-state index contributed by atoms with van der Waals surface area (Å²) >= 11 is 5.16. The number of rotatable bonds is 1. The van der Waals surface area contributed by atoms with Crippen LogP contribution in [0.15, 0.2) is 24.3 Å². The largest absolute Gasteiger partial charge is 0.345 e. The Morgan fingerprint density at radius 2 is 2.28 bits per heavy atom. The van der Waals surface area contributed by atoms with E-state index < -0.39 is 5.82 Å². The van der Waals surface area contributed by atoms with Gasteiger partial charge in [-0.1, -0.05) is 6.07 Å². The Hall–Kier alpha value is -1.57. The van der Waals surface area contributed by atoms with Gasteiger partial charge in [0, 0.05) is 6.54 Å². The molecule has 2 heterocycles. The molecular formula is C11H11FN4OS. The molecule has 2 fully saturated rings. The van der Waals surface area contributed by atoms with Crippen LogP contribution in [-0.2, 0) is 4.79 Å². The third-order valence-electron chi connectivity index (χ3n) is 3.07. The third kappa shape index (κ3) is 1.76. The van der Waals surface area contributed by atoms with Gasteiger partial charge in [-0.3, -0.25) is 15.1 Å². The zero-order chi connectivity index (χ0) is 12.7. The van der Waals surface area contributed by atoms with Crippen molar-refractivity contribution in [1.82, 2.24) is 16.2 Å². The lowest BCUT2D eigenvalue weighted by molar-refractivity contribution is -0.122. The molecule has 18 heavy (non-hydrogen) atoms. The highest BCUT2D eigenvalue weighted by atomic mass is 32.1. The maximum Gasteiger partial charge on any atom is 0.241 e. The van der Waals surface area contributed by atoms with Gasteiger partial charge >= 0.3 is 0 Å². The molecule has 2 saturated heterocycles. The summed E-state index contributed by atoms with van der Waals surface area (Å²) in [6.45, 7) is 0.519. The van der Waals surface area contributed by atoms with Crippen molar-refractivity contribution in [2.24, 2.45) is 5.92 Å². The molecule has 0 radical (unpaired) electrons. The molecule has 0 aliphatic carbocycles. The van der Waals surface area contributed by atoms with Crippen LogP contribution in [0.4, 0.5) is 10.1 Å². The number of nitrogens with zero attached hydrogens (tertiary/aromatic N) is 1. The van der Waals surface area contributed by atoms with E-state index in [9.17, 15) is 9.18 Å². The van der Waals surface area contributed by atoms with E-state index in [0.717, 1.165) is 0 Å². The molecule has 0 spiro atoms. The molecule has 5 nitrogen and oxygen atoms in total. The number of carbonyl (C=O) groups excluding carboxylic acids is 1. The second-order valence-electron chi connectivity index (χ2n) is 4.21. The highest BCUT2D eigenvalue weighted by Crippen LogP contribution is 2.23. The zero-order valence-corrected chi connectivity index (χ0v) is 10.1. The van der Waals surface area contributed by atoms with E-state index in [-0.39, 0.29) is 23.1 Å². The number of carbonyl (C=O) groups is 1. The maximum absolute atomic E-state index is 13.2. The van der Waals surface area contributed by atoms with Crippen molar-refractivity contribution in [1.29, 1.82) is 0 Å². The number of nitrogens with one attached hydrogen (secondary N) is 3. The van der Waals surface area contributed by atoms with Crippen LogP contribution >= 0.6 is 12.2 Å². The normalized spacial score (nSPS) is 27.1. The van der Waals surface area contributed by atoms with E-state index >= 15 is 0 Å². The van der Waals surface area contributed by atoms with Crippen LogP contribution in [0.25, 0.3) is 0 Å². The molecule has 0 bridgehead atoms. The molecule has 1 aromatic rings. The fraction of sp³-hybridized carbons (Fsp3) is 0.273. The van der Waals surface area contributed by atoms with Gasteiger partial charge in [0.1, 0.15) is 12.0 Å². The van der Waals surface area contributed by atoms with Gasteiger partial charge in [0.05, 0.1) is 11.6 Å². The first kappa shape index (κ1) is 11.5. The van der Waals surface area contributed by atoms with Gasteiger partial charge in [-0.2, -0.15) is 0 Å². The number of hydrazine groups is 1. The van der Waals surface area contributed by atoms with Gasteiger partial charge in [0.15, 0.2) is 5.11 Å². The molecule has 0 saturated carbocycles. The lowest BCUT2D eigenvalue weighted by Gasteiger charge is -2.35. The Morgan fingerprint density at radius 3 is 3.06 bits per heavy atom. The summed E-state index contributed by atoms with van der Waals surface area (Å²) in [5, 5.41) is 3.30. The van der Waals surface area contributed by atoms with Crippen LogP contribution < -0.4 is 21.1 Å². The number of anilines is 1. The van der Waals surface area contributed by atoms with Crippen LogP contribution in [0.1, 0.15) is 0 Å². The minimum Gasteiger partial charge on any atom is -0.345 e. The second kappa shape index (κ2) is 4.27. The first-order chi connectivity index (χ1) is 8.66. The summed E-state index contributed by atoms with van der Waals surface area (Å²) in [7, 11) is 0. The van der Waals surface area contributed by atoms with Crippen molar-refractivity contribution in [2.45, 2.75) is 6.17 Å². The van der Waals surface area contributed by atoms with E-state index in [1.54, 1.807) is 12.1 Å². The number of halogens is 1. The van der Waals surface area contributed by atoms with Crippen LogP contribution in [-0.4, -0.2) is 23.7 Å². The minimum absolute atomic E-state index is 0.133. The molecule has 0 aromatic heterocycles. The zero-order valence-electron chi connectivity index (χ0n) is 9.31. The van der Waals surface area contributed by atoms with E-state index in [4.69, 9.17) is 12.2 Å². The standard InChI is InChI=1S/C11H11FN4OS/c12-6-2-1-3-7(4-6)16-10(17)8-5-13-15-9(8)14-11(16)18/h1-4,8-9,13,15H,5H2,(H,14,18). The first-order valence-electron chi connectivity index (χ1n) is 5.55. The second-order valence-corrected chi connectivity index (χ2v) is 4.60. The Labute approximate surface area is 108 Å². The summed E-state index contributed by atoms with van der Waals surface area (Å²) in [6.07, 6.45) is -0.199. The number of amides is 1. The molecule has 2 atom stereocenters. The van der Waals surface area contributed by atoms with Crippen LogP contribution in [0, 0.1) is 11.7 Å². The Bertz CT molecular complexity index is 524. The predicted molar refractivity (Wildman–Crippen MR) is 68.0 cm³/mol. The summed E-state index contributed by atoms with van der Waals surface area (Å²) in [5.41, 5.74) is 6.28. The highest BCUT2D eigenvalue weighted by Gasteiger charge is 2.42. The van der Waals surface area contributed by atoms with Gasteiger partial charge < -0.3 is 5.32 Å². The number of hydrogen-bond acceptors (Lipinski definition) is 4. The van der Waals surface area contributed by atoms with Crippen molar-refractivity contribution >= 4 is 28.9 Å². The van der Waals surface area contributed by atoms with E-state index in [2.05, 4.69) is 16.2 Å². The monoisotopic (exact) mass is 266 g/mol. The van der Waals surface area contributed by atoms with E-state index in [1.807, 2.05) is 0 Å². The SMILES string of the molecule is O=C1C2CNNC2NC(=S)N1c1cccc(F)c1. The Kier molecular flexibility index (Phi) is 2.73. The van der Waals surface area contributed by atoms with E-state index in [0.29, 0.717) is 12.2 Å². The van der Waals surface area contributed by atoms with Gasteiger partial charge in [-0.25, -0.2) is 9.82 Å². The minimum atomic E-state index is -0.395. The molecule has 3 N–H and O–H groups in total. The van der Waals surface area contributed by atoms with Gasteiger partial charge in [0.25, 0.3) is 0 Å². The Morgan fingerprint density at radius 1 is 1.44 bits per heavy atom. The topological polar surface area (TPSA) is 56.4 Å². The highest BCUT2D eigenvalue weighted by molar-refractivity contribution is 7.80. The summed E-state index contributed by atoms with van der Waals surface area (Å²) in [5.74, 6) is -0.778. The fourth-order valence-electron chi connectivity index (χ4n) is 2.19. The molecule has 2 aliphatic rings. The predicted octanol–water partition coefficient (Wildman–Crippen LogP) is 0.0969. The fourth-order valence-corrected chi connectivity index (χ4v) is 2.51. The molecule has 1 amide bonds. The lowest BCUT2D eigenvalue weighted by Crippen LogP contribution is -2.62. The number of benzene rings is 1. The average Bonchev–Trinajstić information content (AvgIpc) is 2.77. The van der Waals surface area contributed by atoms with Crippen LogP contribution in [0.3, 0.4) is 0 Å². The summed E-state index contributed by atoms with van der Waals surface area (Å²) in [4.78, 5) is 13.7. The van der Waals surface area contributed by atoms with Crippen LogP contribution in [0.5, 0.6) is 0 Å². The van der Waals surface area contributed by atoms with Crippen molar-refractivity contribution in [3.05, 3.63) is 30.1 Å². The molecule has 2 aliphatic heterocycles. The first-order valence-corrected chi connectivity index (χ1v) is 5.96. The van der Waals surface area contributed by atoms with Crippen molar-refractivity contribution in [3.63, 3.8) is 0 Å². The molecule has 3 rings (SSSR count). The molecule has 7 heteroatoms. The van der Waals surface area contributed by atoms with Crippen molar-refractivity contribution in [2.75, 3.05) is 11.4 Å². The van der Waals surface area contributed by atoms with E-state index in [1.165, 1.54) is 17.0 Å². The van der Waals surface area contributed by atoms with Crippen LogP contribution in [0.2, 0.25) is 0 Å². The number of fused-ring (bicyclic) bond motifs is 1. The number of thiocarbonyl (C=S) groups is 1. The van der Waals surface area contributed by atoms with Crippen molar-refractivity contribution < 1.29 is 9.18 Å². The van der Waals surface area contributed by atoms with Gasteiger partial charge in [0.2, 0.25) is 5.91 Å². The average molecular weight is 266 g/mol.